The molecule has 19 heavy (non-hydrogen) atoms. The molecule has 0 saturated heterocycles. The first kappa shape index (κ1) is 12.9. The summed E-state index contributed by atoms with van der Waals surface area (Å²) in [6.07, 6.45) is -0.574. The van der Waals surface area contributed by atoms with Gasteiger partial charge < -0.3 is 10.6 Å². The van der Waals surface area contributed by atoms with Gasteiger partial charge in [0, 0.05) is 5.69 Å². The summed E-state index contributed by atoms with van der Waals surface area (Å²) in [5.41, 5.74) is 0.613. The van der Waals surface area contributed by atoms with E-state index < -0.39 is 6.09 Å². The van der Waals surface area contributed by atoms with E-state index in [1.165, 1.54) is 6.07 Å². The number of anilines is 1. The van der Waals surface area contributed by atoms with E-state index in [0.717, 1.165) is 4.68 Å². The zero-order valence-corrected chi connectivity index (χ0v) is 10.6. The SMILES string of the molecule is CCOC(=O)Nc1ccc2nc(C)n(N)c(=O)c2c1. The fourth-order valence-corrected chi connectivity index (χ4v) is 1.67. The number of carbonyl (C=O) groups is 1. The van der Waals surface area contributed by atoms with Gasteiger partial charge in [-0.3, -0.25) is 10.1 Å². The second-order valence-electron chi connectivity index (χ2n) is 3.91. The second kappa shape index (κ2) is 4.97. The number of aromatic nitrogens is 2. The summed E-state index contributed by atoms with van der Waals surface area (Å²) >= 11 is 0. The normalized spacial score (nSPS) is 10.4. The molecule has 0 radical (unpaired) electrons. The molecule has 2 aromatic rings. The van der Waals surface area contributed by atoms with E-state index in [4.69, 9.17) is 10.6 Å². The Bertz CT molecular complexity index is 693. The largest absolute Gasteiger partial charge is 0.450 e. The summed E-state index contributed by atoms with van der Waals surface area (Å²) in [6, 6.07) is 4.81. The molecule has 0 spiro atoms. The molecule has 0 aliphatic carbocycles. The second-order valence-corrected chi connectivity index (χ2v) is 3.91. The Morgan fingerprint density at radius 2 is 2.26 bits per heavy atom. The molecule has 7 nitrogen and oxygen atoms in total. The fraction of sp³-hybridized carbons (Fsp3) is 0.250. The van der Waals surface area contributed by atoms with Gasteiger partial charge in [-0.25, -0.2) is 14.5 Å². The number of carbonyl (C=O) groups excluding carboxylic acids is 1. The van der Waals surface area contributed by atoms with Gasteiger partial charge >= 0.3 is 6.09 Å². The molecule has 7 heteroatoms. The van der Waals surface area contributed by atoms with Crippen molar-refractivity contribution in [2.75, 3.05) is 17.8 Å². The highest BCUT2D eigenvalue weighted by atomic mass is 16.5. The summed E-state index contributed by atoms with van der Waals surface area (Å²) in [7, 11) is 0. The summed E-state index contributed by atoms with van der Waals surface area (Å²) < 4.78 is 5.73. The molecular weight excluding hydrogens is 248 g/mol. The van der Waals surface area contributed by atoms with Crippen LogP contribution in [0.4, 0.5) is 10.5 Å². The zero-order valence-electron chi connectivity index (χ0n) is 10.6. The third-order valence-electron chi connectivity index (χ3n) is 2.60. The first-order valence-corrected chi connectivity index (χ1v) is 5.75. The van der Waals surface area contributed by atoms with Crippen molar-refractivity contribution in [1.82, 2.24) is 9.66 Å². The predicted molar refractivity (Wildman–Crippen MR) is 71.5 cm³/mol. The van der Waals surface area contributed by atoms with Gasteiger partial charge in [0.05, 0.1) is 17.5 Å². The van der Waals surface area contributed by atoms with Crippen LogP contribution in [0, 0.1) is 6.92 Å². The van der Waals surface area contributed by atoms with Gasteiger partial charge in [-0.1, -0.05) is 0 Å². The van der Waals surface area contributed by atoms with Gasteiger partial charge in [0.15, 0.2) is 0 Å². The number of hydrogen-bond donors (Lipinski definition) is 2. The van der Waals surface area contributed by atoms with Crippen LogP contribution < -0.4 is 16.7 Å². The molecule has 0 aliphatic rings. The number of benzene rings is 1. The van der Waals surface area contributed by atoms with Crippen molar-refractivity contribution in [3.05, 3.63) is 34.4 Å². The molecule has 2 rings (SSSR count). The van der Waals surface area contributed by atoms with E-state index in [2.05, 4.69) is 10.3 Å². The third-order valence-corrected chi connectivity index (χ3v) is 2.60. The van der Waals surface area contributed by atoms with Crippen LogP contribution in [-0.2, 0) is 4.74 Å². The standard InChI is InChI=1S/C12H14N4O3/c1-3-19-12(18)15-8-4-5-10-9(6-8)11(17)16(13)7(2)14-10/h4-6H,3,13H2,1-2H3,(H,15,18). The number of aryl methyl sites for hydroxylation is 1. The molecule has 1 aromatic heterocycles. The van der Waals surface area contributed by atoms with Gasteiger partial charge in [0.2, 0.25) is 0 Å². The molecule has 0 atom stereocenters. The smallest absolute Gasteiger partial charge is 0.411 e. The fourth-order valence-electron chi connectivity index (χ4n) is 1.67. The highest BCUT2D eigenvalue weighted by molar-refractivity contribution is 5.89. The number of nitrogens with zero attached hydrogens (tertiary/aromatic N) is 2. The highest BCUT2D eigenvalue weighted by Gasteiger charge is 2.08. The van der Waals surface area contributed by atoms with Gasteiger partial charge in [-0.05, 0) is 32.0 Å². The summed E-state index contributed by atoms with van der Waals surface area (Å²) in [4.78, 5) is 27.5. The molecule has 1 amide bonds. The van der Waals surface area contributed by atoms with Gasteiger partial charge in [0.25, 0.3) is 5.56 Å². The van der Waals surface area contributed by atoms with Crippen molar-refractivity contribution in [2.24, 2.45) is 0 Å². The lowest BCUT2D eigenvalue weighted by Gasteiger charge is -2.08. The number of nitrogens with two attached hydrogens (primary N) is 1. The molecule has 3 N–H and O–H groups in total. The molecule has 0 saturated carbocycles. The average molecular weight is 262 g/mol. The minimum atomic E-state index is -0.574. The molecule has 1 aromatic carbocycles. The minimum absolute atomic E-state index is 0.274. The van der Waals surface area contributed by atoms with Crippen LogP contribution in [0.2, 0.25) is 0 Å². The Morgan fingerprint density at radius 3 is 2.95 bits per heavy atom. The topological polar surface area (TPSA) is 99.2 Å². The minimum Gasteiger partial charge on any atom is -0.450 e. The van der Waals surface area contributed by atoms with E-state index >= 15 is 0 Å². The van der Waals surface area contributed by atoms with Crippen LogP contribution >= 0.6 is 0 Å². The molecular formula is C12H14N4O3. The monoisotopic (exact) mass is 262 g/mol. The third kappa shape index (κ3) is 2.49. The zero-order chi connectivity index (χ0) is 14.0. The number of rotatable bonds is 2. The molecule has 0 aliphatic heterocycles. The Balaban J connectivity index is 2.46. The van der Waals surface area contributed by atoms with Crippen LogP contribution in [0.15, 0.2) is 23.0 Å². The van der Waals surface area contributed by atoms with Gasteiger partial charge in [-0.15, -0.1) is 0 Å². The molecule has 100 valence electrons. The Hall–Kier alpha value is -2.57. The number of fused-ring (bicyclic) bond motifs is 1. The van der Waals surface area contributed by atoms with E-state index in [1.807, 2.05) is 0 Å². The maximum absolute atomic E-state index is 12.0. The van der Waals surface area contributed by atoms with E-state index in [1.54, 1.807) is 26.0 Å². The van der Waals surface area contributed by atoms with Crippen molar-refractivity contribution in [1.29, 1.82) is 0 Å². The van der Waals surface area contributed by atoms with Crippen LogP contribution in [0.5, 0.6) is 0 Å². The molecule has 0 fully saturated rings. The lowest BCUT2D eigenvalue weighted by atomic mass is 10.2. The average Bonchev–Trinajstić information content (AvgIpc) is 2.37. The first-order chi connectivity index (χ1) is 9.02. The summed E-state index contributed by atoms with van der Waals surface area (Å²) in [5.74, 6) is 6.00. The van der Waals surface area contributed by atoms with Crippen LogP contribution in [0.25, 0.3) is 10.9 Å². The quantitative estimate of drug-likeness (QED) is 0.786. The van der Waals surface area contributed by atoms with E-state index in [0.29, 0.717) is 22.4 Å². The van der Waals surface area contributed by atoms with Crippen molar-refractivity contribution < 1.29 is 9.53 Å². The Labute approximate surface area is 109 Å². The van der Waals surface area contributed by atoms with Gasteiger partial charge in [0.1, 0.15) is 5.82 Å². The first-order valence-electron chi connectivity index (χ1n) is 5.75. The highest BCUT2D eigenvalue weighted by Crippen LogP contribution is 2.15. The number of nitrogens with one attached hydrogen (secondary N) is 1. The Morgan fingerprint density at radius 1 is 1.53 bits per heavy atom. The summed E-state index contributed by atoms with van der Waals surface area (Å²) in [5, 5.41) is 2.85. The van der Waals surface area contributed by atoms with E-state index in [-0.39, 0.29) is 12.2 Å². The summed E-state index contributed by atoms with van der Waals surface area (Å²) in [6.45, 7) is 3.63. The predicted octanol–water partition coefficient (Wildman–Crippen LogP) is 0.987. The van der Waals surface area contributed by atoms with Crippen molar-refractivity contribution in [2.45, 2.75) is 13.8 Å². The van der Waals surface area contributed by atoms with Crippen LogP contribution in [-0.4, -0.2) is 22.4 Å². The van der Waals surface area contributed by atoms with Crippen molar-refractivity contribution in [3.8, 4) is 0 Å². The van der Waals surface area contributed by atoms with Crippen LogP contribution in [0.3, 0.4) is 0 Å². The van der Waals surface area contributed by atoms with E-state index in [9.17, 15) is 9.59 Å². The molecule has 0 bridgehead atoms. The molecule has 0 unspecified atom stereocenters. The molecule has 1 heterocycles. The van der Waals surface area contributed by atoms with Crippen molar-refractivity contribution >= 4 is 22.7 Å². The number of amides is 1. The lowest BCUT2D eigenvalue weighted by Crippen LogP contribution is -2.30. The maximum Gasteiger partial charge on any atom is 0.411 e. The number of hydrogen-bond acceptors (Lipinski definition) is 5. The number of ether oxygens (including phenoxy) is 1. The number of nitrogen functional groups attached to an aromatic ring is 1. The van der Waals surface area contributed by atoms with Crippen molar-refractivity contribution in [3.63, 3.8) is 0 Å². The maximum atomic E-state index is 12.0. The van der Waals surface area contributed by atoms with Gasteiger partial charge in [-0.2, -0.15) is 0 Å². The lowest BCUT2D eigenvalue weighted by molar-refractivity contribution is 0.168. The van der Waals surface area contributed by atoms with Crippen LogP contribution in [0.1, 0.15) is 12.7 Å². The Kier molecular flexibility index (Phi) is 3.37.